The van der Waals surface area contributed by atoms with E-state index in [2.05, 4.69) is 31.0 Å². The van der Waals surface area contributed by atoms with Crippen molar-refractivity contribution in [2.24, 2.45) is 17.8 Å². The number of amides is 2. The van der Waals surface area contributed by atoms with Gasteiger partial charge in [-0.1, -0.05) is 5.16 Å². The van der Waals surface area contributed by atoms with Crippen molar-refractivity contribution in [3.63, 3.8) is 0 Å². The van der Waals surface area contributed by atoms with E-state index in [1.807, 2.05) is 0 Å². The highest BCUT2D eigenvalue weighted by atomic mass is 19.4. The summed E-state index contributed by atoms with van der Waals surface area (Å²) in [5.41, 5.74) is 1.81. The van der Waals surface area contributed by atoms with Crippen LogP contribution in [0.15, 0.2) is 23.1 Å². The Balaban J connectivity index is 1.24. The first-order valence-corrected chi connectivity index (χ1v) is 13.7. The summed E-state index contributed by atoms with van der Waals surface area (Å²) < 4.78 is 73.9. The van der Waals surface area contributed by atoms with Crippen molar-refractivity contribution in [3.05, 3.63) is 41.1 Å². The first-order chi connectivity index (χ1) is 19.5. The molecule has 1 aliphatic heterocycles. The third-order valence-electron chi connectivity index (χ3n) is 8.33. The molecule has 0 spiro atoms. The van der Waals surface area contributed by atoms with Gasteiger partial charge in [0.25, 0.3) is 5.91 Å². The molecule has 2 aliphatic carbocycles. The fourth-order valence-corrected chi connectivity index (χ4v) is 5.82. The van der Waals surface area contributed by atoms with Gasteiger partial charge in [-0.15, -0.1) is 0 Å². The van der Waals surface area contributed by atoms with Crippen molar-refractivity contribution in [2.75, 3.05) is 6.54 Å². The molecule has 2 saturated carbocycles. The van der Waals surface area contributed by atoms with E-state index in [9.17, 15) is 31.5 Å². The van der Waals surface area contributed by atoms with Crippen LogP contribution in [0.4, 0.5) is 22.0 Å². The molecule has 0 bridgehead atoms. The number of halogens is 5. The minimum absolute atomic E-state index is 0.0467. The summed E-state index contributed by atoms with van der Waals surface area (Å²) in [5, 5.41) is 17.2. The Hall–Kier alpha value is -3.65. The predicted molar refractivity (Wildman–Crippen MR) is 131 cm³/mol. The van der Waals surface area contributed by atoms with Gasteiger partial charge in [-0.2, -0.15) is 18.3 Å². The smallest absolute Gasteiger partial charge is 0.355 e. The number of carbonyl (C=O) groups excluding carboxylic acids is 2. The highest BCUT2D eigenvalue weighted by Crippen LogP contribution is 2.43. The number of hydrogen-bond acceptors (Lipinski definition) is 7. The first kappa shape index (κ1) is 27.5. The van der Waals surface area contributed by atoms with Crippen LogP contribution in [0, 0.1) is 17.8 Å². The molecule has 0 radical (unpaired) electrons. The van der Waals surface area contributed by atoms with E-state index in [1.165, 1.54) is 10.7 Å². The van der Waals surface area contributed by atoms with Crippen LogP contribution in [0.2, 0.25) is 0 Å². The molecular weight excluding hydrogens is 553 g/mol. The summed E-state index contributed by atoms with van der Waals surface area (Å²) in [6.45, 7) is -0.438. The summed E-state index contributed by atoms with van der Waals surface area (Å²) in [6, 6.07) is 0.894. The zero-order valence-corrected chi connectivity index (χ0v) is 21.8. The Bertz CT molecular complexity index is 1440. The van der Waals surface area contributed by atoms with Crippen LogP contribution in [-0.4, -0.2) is 55.4 Å². The standard InChI is InChI=1S/C26H28F5N7O3/c27-25(28)5-3-15(4-6-25)20(35-24(40)22-21(14-1-2-14)36-41-37-22)18-12-38-19(34-18)8-13(10-33-38)7-16-9-17(26(29,30)31)11-32-23(16)39/h8,10,12,14-17,20H,1-7,9,11H2,(H,32,39)(H,35,40)/t16-,17-,20-/m0/s1. The quantitative estimate of drug-likeness (QED) is 0.402. The molecule has 2 amide bonds. The number of piperidine rings is 1. The number of carbonyl (C=O) groups is 2. The van der Waals surface area contributed by atoms with Gasteiger partial charge in [0.1, 0.15) is 5.69 Å². The molecule has 3 fully saturated rings. The van der Waals surface area contributed by atoms with Crippen LogP contribution in [0.3, 0.4) is 0 Å². The zero-order valence-electron chi connectivity index (χ0n) is 21.8. The van der Waals surface area contributed by atoms with Gasteiger partial charge in [-0.3, -0.25) is 9.59 Å². The van der Waals surface area contributed by atoms with Crippen LogP contribution in [-0.2, 0) is 11.2 Å². The van der Waals surface area contributed by atoms with Gasteiger partial charge in [0, 0.05) is 31.2 Å². The number of hydrogen-bond donors (Lipinski definition) is 2. The van der Waals surface area contributed by atoms with Gasteiger partial charge in [-0.05, 0) is 61.2 Å². The topological polar surface area (TPSA) is 127 Å². The van der Waals surface area contributed by atoms with E-state index in [-0.39, 0.29) is 56.1 Å². The van der Waals surface area contributed by atoms with E-state index in [0.717, 1.165) is 12.8 Å². The van der Waals surface area contributed by atoms with Gasteiger partial charge in [0.2, 0.25) is 11.8 Å². The molecule has 1 saturated heterocycles. The Kier molecular flexibility index (Phi) is 6.92. The van der Waals surface area contributed by atoms with E-state index in [0.29, 0.717) is 22.6 Å². The maximum atomic E-state index is 14.0. The molecule has 6 rings (SSSR count). The average Bonchev–Trinajstić information content (AvgIpc) is 3.48. The van der Waals surface area contributed by atoms with Crippen LogP contribution in [0.5, 0.6) is 0 Å². The van der Waals surface area contributed by atoms with Gasteiger partial charge < -0.3 is 10.6 Å². The molecular formula is C26H28F5N7O3. The Morgan fingerprint density at radius 2 is 1.95 bits per heavy atom. The molecule has 2 N–H and O–H groups in total. The second-order valence-corrected chi connectivity index (χ2v) is 11.4. The number of nitrogens with zero attached hydrogens (tertiary/aromatic N) is 5. The minimum Gasteiger partial charge on any atom is -0.355 e. The first-order valence-electron chi connectivity index (χ1n) is 13.7. The second kappa shape index (κ2) is 10.3. The monoisotopic (exact) mass is 581 g/mol. The third-order valence-corrected chi connectivity index (χ3v) is 8.33. The van der Waals surface area contributed by atoms with Crippen molar-refractivity contribution < 1.29 is 36.2 Å². The zero-order chi connectivity index (χ0) is 28.9. The summed E-state index contributed by atoms with van der Waals surface area (Å²) in [6.07, 6.45) is -0.204. The number of aromatic nitrogens is 5. The van der Waals surface area contributed by atoms with E-state index in [4.69, 9.17) is 4.63 Å². The van der Waals surface area contributed by atoms with E-state index in [1.54, 1.807) is 12.3 Å². The molecule has 3 aromatic rings. The Morgan fingerprint density at radius 3 is 2.66 bits per heavy atom. The van der Waals surface area contributed by atoms with Gasteiger partial charge in [0.05, 0.1) is 30.0 Å². The molecule has 3 atom stereocenters. The maximum absolute atomic E-state index is 14.0. The fraction of sp³-hybridized carbons (Fsp3) is 0.615. The predicted octanol–water partition coefficient (Wildman–Crippen LogP) is 4.14. The number of nitrogens with one attached hydrogen (secondary N) is 2. The van der Waals surface area contributed by atoms with Crippen molar-refractivity contribution in [1.82, 2.24) is 35.5 Å². The fourth-order valence-electron chi connectivity index (χ4n) is 5.82. The minimum atomic E-state index is -4.41. The molecule has 3 aromatic heterocycles. The van der Waals surface area contributed by atoms with Crippen LogP contribution >= 0.6 is 0 Å². The third kappa shape index (κ3) is 5.89. The maximum Gasteiger partial charge on any atom is 0.393 e. The highest BCUT2D eigenvalue weighted by molar-refractivity contribution is 5.93. The van der Waals surface area contributed by atoms with Gasteiger partial charge >= 0.3 is 6.18 Å². The lowest BCUT2D eigenvalue weighted by atomic mass is 9.81. The van der Waals surface area contributed by atoms with Crippen LogP contribution in [0.1, 0.15) is 84.3 Å². The molecule has 220 valence electrons. The molecule has 10 nitrogen and oxygen atoms in total. The number of rotatable bonds is 7. The van der Waals surface area contributed by atoms with Crippen LogP contribution < -0.4 is 10.6 Å². The highest BCUT2D eigenvalue weighted by Gasteiger charge is 2.45. The number of imidazole rings is 1. The molecule has 4 heterocycles. The van der Waals surface area contributed by atoms with Crippen LogP contribution in [0.25, 0.3) is 5.65 Å². The van der Waals surface area contributed by atoms with Gasteiger partial charge in [-0.25, -0.2) is 22.9 Å². The Morgan fingerprint density at radius 1 is 1.20 bits per heavy atom. The SMILES string of the molecule is O=C(N[C@H](c1cn2ncc(C[C@H]3C[C@H](C(F)(F)F)CNC3=O)cc2n1)C1CCC(F)(F)CC1)c1nonc1C1CC1. The Labute approximate surface area is 230 Å². The largest absolute Gasteiger partial charge is 0.393 e. The number of fused-ring (bicyclic) bond motifs is 1. The molecule has 0 aromatic carbocycles. The lowest BCUT2D eigenvalue weighted by Crippen LogP contribution is -2.47. The second-order valence-electron chi connectivity index (χ2n) is 11.4. The van der Waals surface area contributed by atoms with E-state index >= 15 is 0 Å². The molecule has 41 heavy (non-hydrogen) atoms. The van der Waals surface area contributed by atoms with Crippen molar-refractivity contribution in [1.29, 1.82) is 0 Å². The summed E-state index contributed by atoms with van der Waals surface area (Å²) >= 11 is 0. The summed E-state index contributed by atoms with van der Waals surface area (Å²) in [7, 11) is 0. The van der Waals surface area contributed by atoms with E-state index < -0.39 is 48.3 Å². The average molecular weight is 582 g/mol. The number of alkyl halides is 5. The van der Waals surface area contributed by atoms with Crippen molar-refractivity contribution in [2.45, 2.75) is 75.4 Å². The molecule has 15 heteroatoms. The summed E-state index contributed by atoms with van der Waals surface area (Å²) in [5.74, 6) is -6.48. The summed E-state index contributed by atoms with van der Waals surface area (Å²) in [4.78, 5) is 30.1. The lowest BCUT2D eigenvalue weighted by Gasteiger charge is -2.33. The van der Waals surface area contributed by atoms with Crippen molar-refractivity contribution >= 4 is 17.5 Å². The normalized spacial score (nSPS) is 24.3. The lowest BCUT2D eigenvalue weighted by molar-refractivity contribution is -0.183. The van der Waals surface area contributed by atoms with Gasteiger partial charge in [0.15, 0.2) is 11.3 Å². The molecule has 0 unspecified atom stereocenters. The van der Waals surface area contributed by atoms with Crippen molar-refractivity contribution in [3.8, 4) is 0 Å². The molecule has 3 aliphatic rings.